The number of hydrogen-bond acceptors (Lipinski definition) is 3. The van der Waals surface area contributed by atoms with E-state index >= 15 is 0 Å². The molecule has 1 aliphatic heterocycles. The summed E-state index contributed by atoms with van der Waals surface area (Å²) in [6.45, 7) is 8.69. The van der Waals surface area contributed by atoms with Gasteiger partial charge in [0.05, 0.1) is 11.6 Å². The number of amides is 2. The van der Waals surface area contributed by atoms with Gasteiger partial charge in [-0.3, -0.25) is 9.59 Å². The van der Waals surface area contributed by atoms with Gasteiger partial charge in [0.2, 0.25) is 5.91 Å². The summed E-state index contributed by atoms with van der Waals surface area (Å²) in [5, 5.41) is 0.448. The average Bonchev–Trinajstić information content (AvgIpc) is 2.62. The number of nitrogens with zero attached hydrogens (tertiary/aromatic N) is 2. The second-order valence-electron chi connectivity index (χ2n) is 6.31. The van der Waals surface area contributed by atoms with Crippen molar-refractivity contribution >= 4 is 23.4 Å². The molecule has 0 radical (unpaired) electrons. The monoisotopic (exact) mass is 366 g/mol. The number of piperazine rings is 1. The highest BCUT2D eigenvalue weighted by molar-refractivity contribution is 6.32. The van der Waals surface area contributed by atoms with Gasteiger partial charge in [0, 0.05) is 38.2 Å². The molecule has 2 amide bonds. The summed E-state index contributed by atoms with van der Waals surface area (Å²) in [6.07, 6.45) is 2.53. The van der Waals surface area contributed by atoms with E-state index in [1.165, 1.54) is 0 Å². The molecule has 0 spiro atoms. The first kappa shape index (κ1) is 19.6. The van der Waals surface area contributed by atoms with Crippen LogP contribution in [0.3, 0.4) is 0 Å². The van der Waals surface area contributed by atoms with Crippen LogP contribution in [0.15, 0.2) is 12.1 Å². The van der Waals surface area contributed by atoms with Gasteiger partial charge < -0.3 is 14.5 Å². The quantitative estimate of drug-likeness (QED) is 0.774. The largest absolute Gasteiger partial charge is 0.492 e. The molecule has 138 valence electrons. The number of carbonyl (C=O) groups excluding carboxylic acids is 2. The molecule has 6 heteroatoms. The molecule has 0 bridgehead atoms. The maximum atomic E-state index is 12.8. The first-order valence-electron chi connectivity index (χ1n) is 8.97. The van der Waals surface area contributed by atoms with Crippen LogP contribution in [0, 0.1) is 6.92 Å². The first-order chi connectivity index (χ1) is 12.0. The molecule has 0 atom stereocenters. The maximum absolute atomic E-state index is 12.8. The number of ether oxygens (including phenoxy) is 1. The second kappa shape index (κ2) is 9.09. The highest BCUT2D eigenvalue weighted by Crippen LogP contribution is 2.29. The molecule has 1 saturated heterocycles. The molecule has 1 aromatic rings. The predicted molar refractivity (Wildman–Crippen MR) is 99.4 cm³/mol. The molecule has 1 aromatic carbocycles. The smallest absolute Gasteiger partial charge is 0.254 e. The van der Waals surface area contributed by atoms with E-state index < -0.39 is 0 Å². The summed E-state index contributed by atoms with van der Waals surface area (Å²) in [4.78, 5) is 28.6. The van der Waals surface area contributed by atoms with Crippen molar-refractivity contribution in [3.63, 3.8) is 0 Å². The van der Waals surface area contributed by atoms with Crippen LogP contribution in [0.1, 0.15) is 49.0 Å². The van der Waals surface area contributed by atoms with E-state index in [4.69, 9.17) is 16.3 Å². The van der Waals surface area contributed by atoms with Gasteiger partial charge in [-0.1, -0.05) is 24.9 Å². The minimum Gasteiger partial charge on any atom is -0.492 e. The highest BCUT2D eigenvalue weighted by atomic mass is 35.5. The molecular weight excluding hydrogens is 340 g/mol. The van der Waals surface area contributed by atoms with Gasteiger partial charge in [-0.05, 0) is 38.0 Å². The Hall–Kier alpha value is -1.75. The van der Waals surface area contributed by atoms with Crippen LogP contribution in [-0.4, -0.2) is 54.4 Å². The zero-order valence-electron chi connectivity index (χ0n) is 15.3. The molecule has 25 heavy (non-hydrogen) atoms. The fourth-order valence-corrected chi connectivity index (χ4v) is 3.19. The van der Waals surface area contributed by atoms with Crippen molar-refractivity contribution in [3.05, 3.63) is 28.3 Å². The van der Waals surface area contributed by atoms with Crippen molar-refractivity contribution < 1.29 is 14.3 Å². The minimum atomic E-state index is -0.0388. The molecular formula is C19H27ClN2O3. The van der Waals surface area contributed by atoms with Crippen LogP contribution < -0.4 is 4.74 Å². The number of aryl methyl sites for hydroxylation is 1. The van der Waals surface area contributed by atoms with Gasteiger partial charge in [0.1, 0.15) is 5.75 Å². The summed E-state index contributed by atoms with van der Waals surface area (Å²) >= 11 is 6.23. The number of unbranched alkanes of at least 4 members (excludes halogenated alkanes) is 1. The van der Waals surface area contributed by atoms with Crippen LogP contribution in [0.2, 0.25) is 5.02 Å². The number of carbonyl (C=O) groups is 2. The minimum absolute atomic E-state index is 0.0388. The lowest BCUT2D eigenvalue weighted by atomic mass is 10.1. The molecule has 0 aromatic heterocycles. The lowest BCUT2D eigenvalue weighted by Gasteiger charge is -2.35. The van der Waals surface area contributed by atoms with Crippen molar-refractivity contribution in [1.82, 2.24) is 9.80 Å². The number of rotatable bonds is 6. The summed E-state index contributed by atoms with van der Waals surface area (Å²) in [7, 11) is 0. The Morgan fingerprint density at radius 1 is 1.12 bits per heavy atom. The van der Waals surface area contributed by atoms with Crippen molar-refractivity contribution in [1.29, 1.82) is 0 Å². The molecule has 1 aliphatic rings. The zero-order valence-corrected chi connectivity index (χ0v) is 16.1. The highest BCUT2D eigenvalue weighted by Gasteiger charge is 2.26. The SMILES string of the molecule is CCCCC(=O)N1CCN(C(=O)c2cc(Cl)c(OCC)cc2C)CC1. The Bertz CT molecular complexity index is 625. The maximum Gasteiger partial charge on any atom is 0.254 e. The summed E-state index contributed by atoms with van der Waals surface area (Å²) < 4.78 is 5.47. The fraction of sp³-hybridized carbons (Fsp3) is 0.579. The standard InChI is InChI=1S/C19H27ClN2O3/c1-4-6-7-18(23)21-8-10-22(11-9-21)19(24)15-13-16(20)17(25-5-2)12-14(15)3/h12-13H,4-11H2,1-3H3. The van der Waals surface area contributed by atoms with Gasteiger partial charge in [-0.25, -0.2) is 0 Å². The van der Waals surface area contributed by atoms with Crippen molar-refractivity contribution in [2.24, 2.45) is 0 Å². The Kier molecular flexibility index (Phi) is 7.12. The molecule has 2 rings (SSSR count). The van der Waals surface area contributed by atoms with Gasteiger partial charge in [-0.2, -0.15) is 0 Å². The number of benzene rings is 1. The van der Waals surface area contributed by atoms with Gasteiger partial charge in [0.15, 0.2) is 0 Å². The Labute approximate surface area is 154 Å². The van der Waals surface area contributed by atoms with E-state index in [9.17, 15) is 9.59 Å². The number of halogens is 1. The third kappa shape index (κ3) is 4.88. The number of hydrogen-bond donors (Lipinski definition) is 0. The van der Waals surface area contributed by atoms with E-state index in [1.54, 1.807) is 11.0 Å². The zero-order chi connectivity index (χ0) is 18.4. The van der Waals surface area contributed by atoms with Crippen molar-refractivity contribution in [3.8, 4) is 5.75 Å². The summed E-state index contributed by atoms with van der Waals surface area (Å²) in [5.74, 6) is 0.752. The molecule has 5 nitrogen and oxygen atoms in total. The van der Waals surface area contributed by atoms with Gasteiger partial charge in [0.25, 0.3) is 5.91 Å². The third-order valence-electron chi connectivity index (χ3n) is 4.47. The molecule has 1 fully saturated rings. The van der Waals surface area contributed by atoms with Crippen LogP contribution in [-0.2, 0) is 4.79 Å². The van der Waals surface area contributed by atoms with E-state index in [0.29, 0.717) is 55.5 Å². The lowest BCUT2D eigenvalue weighted by molar-refractivity contribution is -0.132. The average molecular weight is 367 g/mol. The molecule has 1 heterocycles. The normalized spacial score (nSPS) is 14.6. The second-order valence-corrected chi connectivity index (χ2v) is 6.71. The summed E-state index contributed by atoms with van der Waals surface area (Å²) in [5.41, 5.74) is 1.44. The van der Waals surface area contributed by atoms with E-state index in [2.05, 4.69) is 6.92 Å². The molecule has 0 N–H and O–H groups in total. The molecule has 0 unspecified atom stereocenters. The van der Waals surface area contributed by atoms with Crippen LogP contribution in [0.4, 0.5) is 0 Å². The van der Waals surface area contributed by atoms with Crippen molar-refractivity contribution in [2.45, 2.75) is 40.0 Å². The topological polar surface area (TPSA) is 49.9 Å². The Morgan fingerprint density at radius 2 is 1.76 bits per heavy atom. The first-order valence-corrected chi connectivity index (χ1v) is 9.35. The lowest BCUT2D eigenvalue weighted by Crippen LogP contribution is -2.50. The van der Waals surface area contributed by atoms with E-state index in [0.717, 1.165) is 18.4 Å². The predicted octanol–water partition coefficient (Wildman–Crippen LogP) is 3.52. The molecule has 0 aliphatic carbocycles. The van der Waals surface area contributed by atoms with E-state index in [1.807, 2.05) is 24.8 Å². The fourth-order valence-electron chi connectivity index (χ4n) is 2.97. The Balaban J connectivity index is 2.01. The van der Waals surface area contributed by atoms with Gasteiger partial charge in [-0.15, -0.1) is 0 Å². The third-order valence-corrected chi connectivity index (χ3v) is 4.77. The summed E-state index contributed by atoms with van der Waals surface area (Å²) in [6, 6.07) is 3.49. The molecule has 0 saturated carbocycles. The Morgan fingerprint density at radius 3 is 2.36 bits per heavy atom. The van der Waals surface area contributed by atoms with Crippen LogP contribution in [0.5, 0.6) is 5.75 Å². The van der Waals surface area contributed by atoms with Gasteiger partial charge >= 0.3 is 0 Å². The van der Waals surface area contributed by atoms with Crippen LogP contribution in [0.25, 0.3) is 0 Å². The van der Waals surface area contributed by atoms with Crippen molar-refractivity contribution in [2.75, 3.05) is 32.8 Å². The van der Waals surface area contributed by atoms with E-state index in [-0.39, 0.29) is 11.8 Å². The van der Waals surface area contributed by atoms with Crippen LogP contribution >= 0.6 is 11.6 Å².